The summed E-state index contributed by atoms with van der Waals surface area (Å²) in [5.41, 5.74) is 2.23. The second-order valence-corrected chi connectivity index (χ2v) is 5.55. The molecule has 0 saturated heterocycles. The summed E-state index contributed by atoms with van der Waals surface area (Å²) in [7, 11) is 0. The lowest BCUT2D eigenvalue weighted by atomic mass is 10.1. The maximum atomic E-state index is 6.19. The first kappa shape index (κ1) is 12.7. The Bertz CT molecular complexity index is 499. The Morgan fingerprint density at radius 1 is 1.12 bits per heavy atom. The summed E-state index contributed by atoms with van der Waals surface area (Å²) in [5.74, 6) is 0. The number of anilines is 1. The van der Waals surface area contributed by atoms with Crippen molar-refractivity contribution < 1.29 is 0 Å². The fourth-order valence-corrected chi connectivity index (χ4v) is 2.58. The third-order valence-electron chi connectivity index (χ3n) is 2.60. The molecule has 0 radical (unpaired) electrons. The van der Waals surface area contributed by atoms with E-state index >= 15 is 0 Å². The predicted octanol–water partition coefficient (Wildman–Crippen LogP) is 5.12. The number of benzene rings is 2. The number of halogens is 2. The monoisotopic (exact) mass is 357 g/mol. The summed E-state index contributed by atoms with van der Waals surface area (Å²) < 4.78 is 1.14. The van der Waals surface area contributed by atoms with Gasteiger partial charge in [-0.3, -0.25) is 0 Å². The third-order valence-corrected chi connectivity index (χ3v) is 3.59. The van der Waals surface area contributed by atoms with Crippen molar-refractivity contribution in [2.24, 2.45) is 0 Å². The summed E-state index contributed by atoms with van der Waals surface area (Å²) >= 11 is 8.45. The molecule has 0 amide bonds. The van der Waals surface area contributed by atoms with E-state index in [1.54, 1.807) is 0 Å². The van der Waals surface area contributed by atoms with Crippen LogP contribution in [-0.4, -0.2) is 0 Å². The second-order valence-electron chi connectivity index (χ2n) is 3.90. The average Bonchev–Trinajstić information content (AvgIpc) is 2.34. The number of rotatable bonds is 3. The molecule has 0 spiro atoms. The van der Waals surface area contributed by atoms with Gasteiger partial charge in [0.2, 0.25) is 0 Å². The molecule has 0 aliphatic rings. The van der Waals surface area contributed by atoms with Crippen LogP contribution in [0.3, 0.4) is 0 Å². The zero-order chi connectivity index (χ0) is 12.3. The maximum absolute atomic E-state index is 6.19. The Morgan fingerprint density at radius 3 is 2.47 bits per heavy atom. The van der Waals surface area contributed by atoms with Gasteiger partial charge in [-0.25, -0.2) is 0 Å². The molecular weight excluding hydrogens is 345 g/mol. The highest BCUT2D eigenvalue weighted by atomic mass is 127. The average molecular weight is 358 g/mol. The van der Waals surface area contributed by atoms with Crippen LogP contribution in [0.1, 0.15) is 18.5 Å². The lowest BCUT2D eigenvalue weighted by molar-refractivity contribution is 0.885. The van der Waals surface area contributed by atoms with Crippen molar-refractivity contribution >= 4 is 39.9 Å². The van der Waals surface area contributed by atoms with Crippen LogP contribution in [0.25, 0.3) is 0 Å². The van der Waals surface area contributed by atoms with Gasteiger partial charge in [0.05, 0.1) is 10.7 Å². The zero-order valence-corrected chi connectivity index (χ0v) is 12.4. The highest BCUT2D eigenvalue weighted by Crippen LogP contribution is 2.27. The molecule has 1 unspecified atom stereocenters. The number of nitrogens with one attached hydrogen (secondary N) is 1. The number of hydrogen-bond donors (Lipinski definition) is 1. The van der Waals surface area contributed by atoms with Crippen LogP contribution in [0.15, 0.2) is 48.5 Å². The largest absolute Gasteiger partial charge is 0.377 e. The molecule has 17 heavy (non-hydrogen) atoms. The second kappa shape index (κ2) is 5.74. The Labute approximate surface area is 120 Å². The Hall–Kier alpha value is -0.740. The Kier molecular flexibility index (Phi) is 4.29. The first-order valence-electron chi connectivity index (χ1n) is 5.43. The molecule has 0 aliphatic heterocycles. The van der Waals surface area contributed by atoms with Crippen LogP contribution < -0.4 is 5.32 Å². The van der Waals surface area contributed by atoms with E-state index in [9.17, 15) is 0 Å². The van der Waals surface area contributed by atoms with Crippen molar-refractivity contribution in [1.29, 1.82) is 0 Å². The third kappa shape index (κ3) is 3.36. The van der Waals surface area contributed by atoms with Gasteiger partial charge < -0.3 is 5.32 Å². The van der Waals surface area contributed by atoms with E-state index in [1.807, 2.05) is 36.4 Å². The molecule has 0 fully saturated rings. The molecule has 2 rings (SSSR count). The highest BCUT2D eigenvalue weighted by Gasteiger charge is 2.07. The molecular formula is C14H13ClIN. The van der Waals surface area contributed by atoms with Crippen LogP contribution in [0.5, 0.6) is 0 Å². The van der Waals surface area contributed by atoms with Crippen molar-refractivity contribution in [2.45, 2.75) is 13.0 Å². The fourth-order valence-electron chi connectivity index (χ4n) is 1.66. The van der Waals surface area contributed by atoms with E-state index in [1.165, 1.54) is 5.56 Å². The summed E-state index contributed by atoms with van der Waals surface area (Å²) in [5, 5.41) is 4.18. The molecule has 1 atom stereocenters. The minimum atomic E-state index is 0.244. The van der Waals surface area contributed by atoms with Crippen molar-refractivity contribution in [2.75, 3.05) is 5.32 Å². The molecule has 1 N–H and O–H groups in total. The topological polar surface area (TPSA) is 12.0 Å². The van der Waals surface area contributed by atoms with Crippen molar-refractivity contribution in [3.8, 4) is 0 Å². The number of hydrogen-bond acceptors (Lipinski definition) is 1. The van der Waals surface area contributed by atoms with E-state index in [4.69, 9.17) is 11.6 Å². The first-order chi connectivity index (χ1) is 8.16. The van der Waals surface area contributed by atoms with E-state index in [2.05, 4.69) is 47.0 Å². The molecule has 0 bridgehead atoms. The van der Waals surface area contributed by atoms with Crippen molar-refractivity contribution in [3.05, 3.63) is 62.7 Å². The molecule has 0 heterocycles. The molecule has 0 saturated carbocycles. The van der Waals surface area contributed by atoms with Gasteiger partial charge in [0.25, 0.3) is 0 Å². The Balaban J connectivity index is 2.16. The van der Waals surface area contributed by atoms with Crippen LogP contribution in [0, 0.1) is 3.57 Å². The van der Waals surface area contributed by atoms with Gasteiger partial charge in [-0.1, -0.05) is 41.9 Å². The van der Waals surface area contributed by atoms with Gasteiger partial charge in [0, 0.05) is 9.61 Å². The predicted molar refractivity (Wildman–Crippen MR) is 82.6 cm³/mol. The van der Waals surface area contributed by atoms with Crippen LogP contribution in [0.4, 0.5) is 5.69 Å². The van der Waals surface area contributed by atoms with Crippen molar-refractivity contribution in [1.82, 2.24) is 0 Å². The summed E-state index contributed by atoms with van der Waals surface area (Å²) in [6, 6.07) is 16.6. The summed E-state index contributed by atoms with van der Waals surface area (Å²) in [6.07, 6.45) is 0. The molecule has 2 aromatic rings. The minimum Gasteiger partial charge on any atom is -0.377 e. The van der Waals surface area contributed by atoms with Gasteiger partial charge in [-0.05, 0) is 53.3 Å². The quantitative estimate of drug-likeness (QED) is 0.752. The van der Waals surface area contributed by atoms with Crippen LogP contribution >= 0.6 is 34.2 Å². The SMILES string of the molecule is CC(Nc1ccc(I)cc1Cl)c1ccccc1. The lowest BCUT2D eigenvalue weighted by Gasteiger charge is -2.16. The highest BCUT2D eigenvalue weighted by molar-refractivity contribution is 14.1. The van der Waals surface area contributed by atoms with Gasteiger partial charge in [0.1, 0.15) is 0 Å². The smallest absolute Gasteiger partial charge is 0.0648 e. The van der Waals surface area contributed by atoms with E-state index in [-0.39, 0.29) is 6.04 Å². The van der Waals surface area contributed by atoms with E-state index < -0.39 is 0 Å². The van der Waals surface area contributed by atoms with Gasteiger partial charge in [-0.15, -0.1) is 0 Å². The molecule has 1 nitrogen and oxygen atoms in total. The first-order valence-corrected chi connectivity index (χ1v) is 6.89. The van der Waals surface area contributed by atoms with Crippen molar-refractivity contribution in [3.63, 3.8) is 0 Å². The normalized spacial score (nSPS) is 12.2. The molecule has 3 heteroatoms. The van der Waals surface area contributed by atoms with E-state index in [0.717, 1.165) is 14.3 Å². The van der Waals surface area contributed by atoms with Crippen LogP contribution in [-0.2, 0) is 0 Å². The van der Waals surface area contributed by atoms with Gasteiger partial charge in [0.15, 0.2) is 0 Å². The van der Waals surface area contributed by atoms with E-state index in [0.29, 0.717) is 0 Å². The minimum absolute atomic E-state index is 0.244. The molecule has 0 aliphatic carbocycles. The zero-order valence-electron chi connectivity index (χ0n) is 9.45. The molecule has 0 aromatic heterocycles. The molecule has 88 valence electrons. The van der Waals surface area contributed by atoms with Crippen LogP contribution in [0.2, 0.25) is 5.02 Å². The lowest BCUT2D eigenvalue weighted by Crippen LogP contribution is -2.06. The Morgan fingerprint density at radius 2 is 1.82 bits per heavy atom. The summed E-state index contributed by atoms with van der Waals surface area (Å²) in [6.45, 7) is 2.13. The molecule has 2 aromatic carbocycles. The fraction of sp³-hybridized carbons (Fsp3) is 0.143. The van der Waals surface area contributed by atoms with Gasteiger partial charge in [-0.2, -0.15) is 0 Å². The standard InChI is InChI=1S/C14H13ClIN/c1-10(11-5-3-2-4-6-11)17-14-8-7-12(16)9-13(14)15/h2-10,17H,1H3. The summed E-state index contributed by atoms with van der Waals surface area (Å²) in [4.78, 5) is 0. The van der Waals surface area contributed by atoms with Gasteiger partial charge >= 0.3 is 0 Å². The maximum Gasteiger partial charge on any atom is 0.0648 e.